The third-order valence-corrected chi connectivity index (χ3v) is 3.24. The number of aliphatic hydroxyl groups is 1. The molecule has 1 heterocycles. The van der Waals surface area contributed by atoms with Crippen molar-refractivity contribution in [1.82, 2.24) is 25.8 Å². The molecule has 4 N–H and O–H groups in total. The van der Waals surface area contributed by atoms with Crippen molar-refractivity contribution in [2.24, 2.45) is 0 Å². The molecule has 1 aromatic heterocycles. The number of carbonyl (C=O) groups is 1. The predicted molar refractivity (Wildman–Crippen MR) is 83.0 cm³/mol. The highest BCUT2D eigenvalue weighted by Gasteiger charge is 2.07. The quantitative estimate of drug-likeness (QED) is 0.621. The number of hydrogen-bond acceptors (Lipinski definition) is 4. The number of benzene rings is 1. The maximum absolute atomic E-state index is 11.8. The standard InChI is InChI=1S/C15H21N5O2/c1-11(4-3-7-21)19-15(22)16-9-12-5-2-6-13(8-12)14-17-10-18-20-14/h2,5-6,8,10-11,21H,3-4,7,9H2,1H3,(H2,16,19,22)(H,17,18,20). The van der Waals surface area contributed by atoms with Crippen molar-refractivity contribution < 1.29 is 9.90 Å². The number of hydrogen-bond donors (Lipinski definition) is 4. The molecule has 0 fully saturated rings. The van der Waals surface area contributed by atoms with E-state index >= 15 is 0 Å². The van der Waals surface area contributed by atoms with Gasteiger partial charge in [0.15, 0.2) is 5.82 Å². The van der Waals surface area contributed by atoms with Crippen LogP contribution in [-0.4, -0.2) is 39.0 Å². The van der Waals surface area contributed by atoms with E-state index in [1.807, 2.05) is 31.2 Å². The van der Waals surface area contributed by atoms with Crippen molar-refractivity contribution in [3.05, 3.63) is 36.2 Å². The first-order valence-electron chi connectivity index (χ1n) is 7.29. The number of nitrogens with one attached hydrogen (secondary N) is 3. The summed E-state index contributed by atoms with van der Waals surface area (Å²) in [6, 6.07) is 7.56. The highest BCUT2D eigenvalue weighted by molar-refractivity contribution is 5.74. The highest BCUT2D eigenvalue weighted by atomic mass is 16.3. The van der Waals surface area contributed by atoms with E-state index in [0.29, 0.717) is 18.8 Å². The number of aromatic amines is 1. The molecule has 0 saturated carbocycles. The smallest absolute Gasteiger partial charge is 0.315 e. The molecule has 0 radical (unpaired) electrons. The van der Waals surface area contributed by atoms with Crippen LogP contribution in [0.4, 0.5) is 4.79 Å². The van der Waals surface area contributed by atoms with Gasteiger partial charge >= 0.3 is 6.03 Å². The van der Waals surface area contributed by atoms with Crippen LogP contribution in [0.15, 0.2) is 30.6 Å². The first-order chi connectivity index (χ1) is 10.7. The normalized spacial score (nSPS) is 11.9. The first kappa shape index (κ1) is 16.0. The summed E-state index contributed by atoms with van der Waals surface area (Å²) in [6.07, 6.45) is 2.90. The minimum Gasteiger partial charge on any atom is -0.396 e. The van der Waals surface area contributed by atoms with E-state index < -0.39 is 0 Å². The van der Waals surface area contributed by atoms with Crippen LogP contribution in [0.3, 0.4) is 0 Å². The van der Waals surface area contributed by atoms with E-state index in [0.717, 1.165) is 17.5 Å². The highest BCUT2D eigenvalue weighted by Crippen LogP contribution is 2.15. The topological polar surface area (TPSA) is 103 Å². The fourth-order valence-corrected chi connectivity index (χ4v) is 2.10. The second-order valence-electron chi connectivity index (χ2n) is 5.13. The molecule has 7 nitrogen and oxygen atoms in total. The van der Waals surface area contributed by atoms with Gasteiger partial charge in [0.25, 0.3) is 0 Å². The van der Waals surface area contributed by atoms with Crippen LogP contribution in [0.2, 0.25) is 0 Å². The zero-order chi connectivity index (χ0) is 15.8. The lowest BCUT2D eigenvalue weighted by molar-refractivity contribution is 0.234. The SMILES string of the molecule is CC(CCCO)NC(=O)NCc1cccc(-c2ncn[nH]2)c1. The number of rotatable bonds is 7. The molecule has 0 aliphatic rings. The molecule has 1 unspecified atom stereocenters. The molecule has 7 heteroatoms. The largest absolute Gasteiger partial charge is 0.396 e. The molecule has 1 atom stereocenters. The third kappa shape index (κ3) is 4.85. The molecule has 0 bridgehead atoms. The first-order valence-corrected chi connectivity index (χ1v) is 7.29. The van der Waals surface area contributed by atoms with E-state index in [1.165, 1.54) is 6.33 Å². The summed E-state index contributed by atoms with van der Waals surface area (Å²) in [5, 5.41) is 21.1. The summed E-state index contributed by atoms with van der Waals surface area (Å²) in [7, 11) is 0. The fourth-order valence-electron chi connectivity index (χ4n) is 2.10. The molecular weight excluding hydrogens is 282 g/mol. The van der Waals surface area contributed by atoms with Crippen LogP contribution >= 0.6 is 0 Å². The van der Waals surface area contributed by atoms with Crippen molar-refractivity contribution in [3.8, 4) is 11.4 Å². The van der Waals surface area contributed by atoms with Gasteiger partial charge in [-0.2, -0.15) is 5.10 Å². The lowest BCUT2D eigenvalue weighted by Gasteiger charge is -2.14. The molecule has 22 heavy (non-hydrogen) atoms. The maximum Gasteiger partial charge on any atom is 0.315 e. The van der Waals surface area contributed by atoms with E-state index in [9.17, 15) is 4.79 Å². The average molecular weight is 303 g/mol. The van der Waals surface area contributed by atoms with Crippen molar-refractivity contribution in [3.63, 3.8) is 0 Å². The lowest BCUT2D eigenvalue weighted by atomic mass is 10.1. The number of amides is 2. The molecule has 2 rings (SSSR count). The molecule has 2 amide bonds. The number of nitrogens with zero attached hydrogens (tertiary/aromatic N) is 2. The molecule has 0 saturated heterocycles. The molecule has 0 aliphatic heterocycles. The monoisotopic (exact) mass is 303 g/mol. The van der Waals surface area contributed by atoms with Crippen molar-refractivity contribution in [2.75, 3.05) is 6.61 Å². The van der Waals surface area contributed by atoms with Gasteiger partial charge in [0, 0.05) is 24.8 Å². The summed E-state index contributed by atoms with van der Waals surface area (Å²) in [5.74, 6) is 0.698. The zero-order valence-electron chi connectivity index (χ0n) is 12.5. The Morgan fingerprint density at radius 3 is 3.05 bits per heavy atom. The van der Waals surface area contributed by atoms with Gasteiger partial charge in [-0.25, -0.2) is 9.78 Å². The summed E-state index contributed by atoms with van der Waals surface area (Å²) < 4.78 is 0. The van der Waals surface area contributed by atoms with Crippen molar-refractivity contribution in [1.29, 1.82) is 0 Å². The number of aliphatic hydroxyl groups excluding tert-OH is 1. The summed E-state index contributed by atoms with van der Waals surface area (Å²) in [4.78, 5) is 15.9. The van der Waals surface area contributed by atoms with Crippen molar-refractivity contribution in [2.45, 2.75) is 32.4 Å². The Labute approximate surface area is 129 Å². The van der Waals surface area contributed by atoms with Gasteiger partial charge in [-0.1, -0.05) is 18.2 Å². The summed E-state index contributed by atoms with van der Waals surface area (Å²) in [5.41, 5.74) is 1.90. The minimum absolute atomic E-state index is 0.0349. The number of aromatic nitrogens is 3. The van der Waals surface area contributed by atoms with Gasteiger partial charge in [-0.15, -0.1) is 0 Å². The van der Waals surface area contributed by atoms with Gasteiger partial charge < -0.3 is 15.7 Å². The zero-order valence-corrected chi connectivity index (χ0v) is 12.5. The summed E-state index contributed by atoms with van der Waals surface area (Å²) >= 11 is 0. The van der Waals surface area contributed by atoms with Crippen molar-refractivity contribution >= 4 is 6.03 Å². The van der Waals surface area contributed by atoms with Gasteiger partial charge in [0.05, 0.1) is 0 Å². The Morgan fingerprint density at radius 1 is 1.45 bits per heavy atom. The number of carbonyl (C=O) groups excluding carboxylic acids is 1. The Kier molecular flexibility index (Phi) is 5.91. The second-order valence-corrected chi connectivity index (χ2v) is 5.13. The molecule has 118 valence electrons. The number of H-pyrrole nitrogens is 1. The second kappa shape index (κ2) is 8.14. The van der Waals surface area contributed by atoms with E-state index in [1.54, 1.807) is 0 Å². The summed E-state index contributed by atoms with van der Waals surface area (Å²) in [6.45, 7) is 2.49. The van der Waals surface area contributed by atoms with E-state index in [-0.39, 0.29) is 18.7 Å². The Hall–Kier alpha value is -2.41. The van der Waals surface area contributed by atoms with Crippen LogP contribution < -0.4 is 10.6 Å². The lowest BCUT2D eigenvalue weighted by Crippen LogP contribution is -2.40. The van der Waals surface area contributed by atoms with Gasteiger partial charge in [0.1, 0.15) is 6.33 Å². The molecule has 0 spiro atoms. The van der Waals surface area contributed by atoms with Gasteiger partial charge in [-0.05, 0) is 31.4 Å². The average Bonchev–Trinajstić information content (AvgIpc) is 3.06. The van der Waals surface area contributed by atoms with Gasteiger partial charge in [0.2, 0.25) is 0 Å². The minimum atomic E-state index is -0.212. The Morgan fingerprint density at radius 2 is 2.32 bits per heavy atom. The Bertz CT molecular complexity index is 585. The maximum atomic E-state index is 11.8. The third-order valence-electron chi connectivity index (χ3n) is 3.24. The number of urea groups is 1. The van der Waals surface area contributed by atoms with Crippen LogP contribution in [0.5, 0.6) is 0 Å². The van der Waals surface area contributed by atoms with E-state index in [2.05, 4.69) is 25.8 Å². The van der Waals surface area contributed by atoms with Crippen LogP contribution in [0, 0.1) is 0 Å². The molecular formula is C15H21N5O2. The van der Waals surface area contributed by atoms with Crippen LogP contribution in [0.25, 0.3) is 11.4 Å². The van der Waals surface area contributed by atoms with Crippen LogP contribution in [0.1, 0.15) is 25.3 Å². The van der Waals surface area contributed by atoms with Gasteiger partial charge in [-0.3, -0.25) is 5.10 Å². The Balaban J connectivity index is 1.84. The van der Waals surface area contributed by atoms with E-state index in [4.69, 9.17) is 5.11 Å². The predicted octanol–water partition coefficient (Wildman–Crippen LogP) is 1.43. The molecule has 0 aliphatic carbocycles. The van der Waals surface area contributed by atoms with Crippen LogP contribution in [-0.2, 0) is 6.54 Å². The fraction of sp³-hybridized carbons (Fsp3) is 0.400. The molecule has 1 aromatic carbocycles. The molecule has 2 aromatic rings.